The molecule has 4 aliphatic rings. The topological polar surface area (TPSA) is 125 Å². The van der Waals surface area contributed by atoms with Gasteiger partial charge in [0.15, 0.2) is 17.4 Å². The zero-order valence-electron chi connectivity index (χ0n) is 21.6. The van der Waals surface area contributed by atoms with Gasteiger partial charge in [-0.1, -0.05) is 11.8 Å². The summed E-state index contributed by atoms with van der Waals surface area (Å²) in [6, 6.07) is 2.39. The molecular weight excluding hydrogens is 490 g/mol. The molecule has 0 aromatic carbocycles. The van der Waals surface area contributed by atoms with Crippen molar-refractivity contribution >= 4 is 29.2 Å². The molecule has 11 heteroatoms. The first-order valence-corrected chi connectivity index (χ1v) is 14.2. The molecule has 2 aromatic heterocycles. The highest BCUT2D eigenvalue weighted by molar-refractivity contribution is 7.99. The summed E-state index contributed by atoms with van der Waals surface area (Å²) in [5, 5.41) is 0.673. The highest BCUT2D eigenvalue weighted by Gasteiger charge is 2.47. The third-order valence-electron chi connectivity index (χ3n) is 8.49. The number of piperidine rings is 1. The zero-order chi connectivity index (χ0) is 25.6. The summed E-state index contributed by atoms with van der Waals surface area (Å²) in [6.07, 6.45) is 6.82. The van der Waals surface area contributed by atoms with Crippen molar-refractivity contribution in [1.29, 1.82) is 0 Å². The molecule has 0 bridgehead atoms. The van der Waals surface area contributed by atoms with E-state index in [2.05, 4.69) is 21.7 Å². The van der Waals surface area contributed by atoms with Crippen LogP contribution in [0.15, 0.2) is 28.4 Å². The van der Waals surface area contributed by atoms with E-state index in [-0.39, 0.29) is 17.6 Å². The molecule has 0 amide bonds. The van der Waals surface area contributed by atoms with Gasteiger partial charge in [-0.05, 0) is 39.2 Å². The molecule has 6 heterocycles. The number of rotatable bonds is 6. The average molecular weight is 528 g/mol. The number of hydrogen-bond donors (Lipinski definition) is 2. The van der Waals surface area contributed by atoms with Crippen molar-refractivity contribution in [3.63, 3.8) is 0 Å². The van der Waals surface area contributed by atoms with Crippen LogP contribution in [0.25, 0.3) is 0 Å². The first-order valence-electron chi connectivity index (χ1n) is 13.4. The highest BCUT2D eigenvalue weighted by Crippen LogP contribution is 2.46. The van der Waals surface area contributed by atoms with E-state index in [0.717, 1.165) is 81.0 Å². The van der Waals surface area contributed by atoms with Crippen molar-refractivity contribution in [2.75, 3.05) is 61.6 Å². The Hall–Kier alpha value is -2.34. The minimum atomic E-state index is 0.0719. The minimum Gasteiger partial charge on any atom is -0.486 e. The van der Waals surface area contributed by atoms with Gasteiger partial charge < -0.3 is 35.5 Å². The number of nitrogens with two attached hydrogens (primary N) is 2. The lowest BCUT2D eigenvalue weighted by Crippen LogP contribution is -2.50. The number of hydrogen-bond acceptors (Lipinski definition) is 11. The molecule has 10 nitrogen and oxygen atoms in total. The number of pyridine rings is 1. The molecular formula is C26H37N7O3S. The second-order valence-corrected chi connectivity index (χ2v) is 11.8. The molecule has 4 atom stereocenters. The smallest absolute Gasteiger partial charge is 0.175 e. The van der Waals surface area contributed by atoms with Crippen molar-refractivity contribution < 1.29 is 14.2 Å². The summed E-state index contributed by atoms with van der Waals surface area (Å²) in [4.78, 5) is 19.7. The van der Waals surface area contributed by atoms with Crippen LogP contribution < -0.4 is 26.0 Å². The monoisotopic (exact) mass is 527 g/mol. The molecule has 2 aromatic rings. The maximum Gasteiger partial charge on any atom is 0.175 e. The molecule has 3 saturated heterocycles. The van der Waals surface area contributed by atoms with E-state index < -0.39 is 0 Å². The van der Waals surface area contributed by atoms with E-state index in [9.17, 15) is 0 Å². The Morgan fingerprint density at radius 2 is 2.11 bits per heavy atom. The van der Waals surface area contributed by atoms with E-state index in [1.807, 2.05) is 25.4 Å². The lowest BCUT2D eigenvalue weighted by Gasteiger charge is -2.41. The maximum atomic E-state index is 6.47. The lowest BCUT2D eigenvalue weighted by atomic mass is 9.73. The van der Waals surface area contributed by atoms with Crippen LogP contribution in [0, 0.1) is 11.3 Å². The largest absolute Gasteiger partial charge is 0.486 e. The fourth-order valence-electron chi connectivity index (χ4n) is 6.23. The van der Waals surface area contributed by atoms with Gasteiger partial charge in [0.2, 0.25) is 0 Å². The second kappa shape index (κ2) is 10.1. The molecule has 0 aliphatic carbocycles. The number of nitrogen functional groups attached to an aromatic ring is 1. The third-order valence-corrected chi connectivity index (χ3v) is 9.54. The Labute approximate surface area is 222 Å². The Morgan fingerprint density at radius 1 is 1.27 bits per heavy atom. The molecule has 0 radical (unpaired) electrons. The summed E-state index contributed by atoms with van der Waals surface area (Å²) in [7, 11) is 0. The predicted octanol–water partition coefficient (Wildman–Crippen LogP) is 2.56. The maximum absolute atomic E-state index is 6.47. The van der Waals surface area contributed by atoms with E-state index in [4.69, 9.17) is 35.6 Å². The zero-order valence-corrected chi connectivity index (χ0v) is 22.5. The molecule has 0 saturated carbocycles. The van der Waals surface area contributed by atoms with Crippen LogP contribution in [0.2, 0.25) is 0 Å². The van der Waals surface area contributed by atoms with E-state index in [0.29, 0.717) is 29.4 Å². The summed E-state index contributed by atoms with van der Waals surface area (Å²) in [5.74, 6) is 3.43. The van der Waals surface area contributed by atoms with Gasteiger partial charge in [-0.2, -0.15) is 0 Å². The Morgan fingerprint density at radius 3 is 2.84 bits per heavy atom. The molecule has 37 heavy (non-hydrogen) atoms. The van der Waals surface area contributed by atoms with Gasteiger partial charge >= 0.3 is 0 Å². The van der Waals surface area contributed by atoms with Crippen LogP contribution in [0.1, 0.15) is 33.1 Å². The van der Waals surface area contributed by atoms with Crippen molar-refractivity contribution in [3.05, 3.63) is 18.5 Å². The normalized spacial score (nSPS) is 28.3. The third kappa shape index (κ3) is 4.60. The predicted molar refractivity (Wildman–Crippen MR) is 143 cm³/mol. The number of nitrogens with zero attached hydrogens (tertiary/aromatic N) is 5. The van der Waals surface area contributed by atoms with Gasteiger partial charge in [0.1, 0.15) is 17.5 Å². The standard InChI is InChI=1S/C26H37N7O3S/c1-3-34-13-17-10-18-14-35-21-19(4-7-29-24(21)33(18)12-17)37-25-23(28)31-20(11-30-25)32-8-5-26(6-9-32)15-36-16(2)22(26)27/h4,7,11,16-18,22H,3,5-6,8-10,12-15,27H2,1-2H3,(H2,28,31)/t16-,17-,18-,22+/m0/s1. The fourth-order valence-corrected chi connectivity index (χ4v) is 7.06. The van der Waals surface area contributed by atoms with Crippen LogP contribution in [0.3, 0.4) is 0 Å². The molecule has 4 N–H and O–H groups in total. The molecule has 1 spiro atoms. The van der Waals surface area contributed by atoms with Gasteiger partial charge in [0.05, 0.1) is 36.5 Å². The first-order chi connectivity index (χ1) is 18.0. The SMILES string of the molecule is CCOC[C@H]1C[C@H]2COc3c(Sc4ncc(N5CCC6(CC5)CO[C@@H](C)[C@H]6N)nc4N)ccnc3N2C1. The van der Waals surface area contributed by atoms with E-state index in [1.165, 1.54) is 11.8 Å². The van der Waals surface area contributed by atoms with Crippen LogP contribution in [-0.4, -0.2) is 79.2 Å². The Balaban J connectivity index is 1.14. The fraction of sp³-hybridized carbons (Fsp3) is 0.654. The second-order valence-electron chi connectivity index (χ2n) is 10.8. The summed E-state index contributed by atoms with van der Waals surface area (Å²) < 4.78 is 17.8. The molecule has 4 aliphatic heterocycles. The molecule has 6 rings (SSSR count). The molecule has 3 fully saturated rings. The van der Waals surface area contributed by atoms with E-state index >= 15 is 0 Å². The Kier molecular flexibility index (Phi) is 6.81. The molecule has 0 unspecified atom stereocenters. The van der Waals surface area contributed by atoms with E-state index in [1.54, 1.807) is 0 Å². The number of aromatic nitrogens is 3. The minimum absolute atomic E-state index is 0.0719. The summed E-state index contributed by atoms with van der Waals surface area (Å²) in [6.45, 7) is 9.72. The van der Waals surface area contributed by atoms with Gasteiger partial charge in [-0.3, -0.25) is 0 Å². The van der Waals surface area contributed by atoms with Crippen LogP contribution >= 0.6 is 11.8 Å². The summed E-state index contributed by atoms with van der Waals surface area (Å²) >= 11 is 1.48. The summed E-state index contributed by atoms with van der Waals surface area (Å²) in [5.41, 5.74) is 13.0. The number of fused-ring (bicyclic) bond motifs is 3. The van der Waals surface area contributed by atoms with Gasteiger partial charge in [0.25, 0.3) is 0 Å². The van der Waals surface area contributed by atoms with Crippen molar-refractivity contribution in [2.45, 2.75) is 61.2 Å². The lowest BCUT2D eigenvalue weighted by molar-refractivity contribution is 0.0974. The van der Waals surface area contributed by atoms with Crippen LogP contribution in [-0.2, 0) is 9.47 Å². The average Bonchev–Trinajstić information content (AvgIpc) is 3.46. The van der Waals surface area contributed by atoms with Crippen LogP contribution in [0.4, 0.5) is 17.5 Å². The number of anilines is 3. The quantitative estimate of drug-likeness (QED) is 0.576. The molecule has 200 valence electrons. The number of ether oxygens (including phenoxy) is 3. The van der Waals surface area contributed by atoms with Gasteiger partial charge in [0, 0.05) is 49.8 Å². The van der Waals surface area contributed by atoms with Gasteiger partial charge in [-0.25, -0.2) is 15.0 Å². The van der Waals surface area contributed by atoms with Crippen molar-refractivity contribution in [3.8, 4) is 5.75 Å². The van der Waals surface area contributed by atoms with Crippen molar-refractivity contribution in [2.24, 2.45) is 17.1 Å². The first kappa shape index (κ1) is 25.0. The van der Waals surface area contributed by atoms with Crippen LogP contribution in [0.5, 0.6) is 5.75 Å². The van der Waals surface area contributed by atoms with Crippen molar-refractivity contribution in [1.82, 2.24) is 15.0 Å². The highest BCUT2D eigenvalue weighted by atomic mass is 32.2. The Bertz CT molecular complexity index is 1130. The van der Waals surface area contributed by atoms with Gasteiger partial charge in [-0.15, -0.1) is 0 Å².